The average molecular weight is 329 g/mol. The lowest BCUT2D eigenvalue weighted by Crippen LogP contribution is -2.39. The molecule has 0 fully saturated rings. The van der Waals surface area contributed by atoms with Gasteiger partial charge in [-0.25, -0.2) is 0 Å². The Kier molecular flexibility index (Phi) is 10.7. The summed E-state index contributed by atoms with van der Waals surface area (Å²) >= 11 is 0. The van der Waals surface area contributed by atoms with Gasteiger partial charge in [-0.2, -0.15) is 0 Å². The second-order valence-electron chi connectivity index (χ2n) is 5.32. The van der Waals surface area contributed by atoms with Crippen molar-refractivity contribution in [2.75, 3.05) is 20.2 Å². The van der Waals surface area contributed by atoms with Gasteiger partial charge in [-0.15, -0.1) is 12.4 Å². The number of ether oxygens (including phenoxy) is 1. The highest BCUT2D eigenvalue weighted by molar-refractivity contribution is 5.85. The number of hydrogen-bond acceptors (Lipinski definition) is 3. The van der Waals surface area contributed by atoms with Gasteiger partial charge >= 0.3 is 0 Å². The highest BCUT2D eigenvalue weighted by atomic mass is 35.5. The Morgan fingerprint density at radius 1 is 1.14 bits per heavy atom. The highest BCUT2D eigenvalue weighted by Gasteiger charge is 2.24. The van der Waals surface area contributed by atoms with E-state index < -0.39 is 0 Å². The Morgan fingerprint density at radius 2 is 1.64 bits per heavy atom. The Balaban J connectivity index is 0.00000441. The van der Waals surface area contributed by atoms with Crippen molar-refractivity contribution >= 4 is 18.3 Å². The lowest BCUT2D eigenvalue weighted by molar-refractivity contribution is -0.123. The van der Waals surface area contributed by atoms with Gasteiger partial charge < -0.3 is 10.5 Å². The molecule has 0 spiro atoms. The smallest absolute Gasteiger partial charge is 0.239 e. The van der Waals surface area contributed by atoms with Crippen molar-refractivity contribution in [3.8, 4) is 5.75 Å². The highest BCUT2D eigenvalue weighted by Crippen LogP contribution is 2.24. The van der Waals surface area contributed by atoms with Crippen LogP contribution in [0.3, 0.4) is 0 Å². The molecule has 1 aromatic carbocycles. The fourth-order valence-electron chi connectivity index (χ4n) is 2.43. The number of halogens is 1. The second kappa shape index (κ2) is 11.3. The van der Waals surface area contributed by atoms with Crippen LogP contribution in [0.25, 0.3) is 0 Å². The summed E-state index contributed by atoms with van der Waals surface area (Å²) in [5.41, 5.74) is 6.61. The lowest BCUT2D eigenvalue weighted by atomic mass is 10.0. The summed E-state index contributed by atoms with van der Waals surface area (Å²) in [6.45, 7) is 6.11. The average Bonchev–Trinajstić information content (AvgIpc) is 2.50. The lowest BCUT2D eigenvalue weighted by Gasteiger charge is -2.30. The molecule has 0 aromatic heterocycles. The zero-order valence-electron chi connectivity index (χ0n) is 13.9. The molecule has 0 radical (unpaired) electrons. The number of unbranched alkanes of at least 4 members (excludes halogenated alkanes) is 2. The van der Waals surface area contributed by atoms with Gasteiger partial charge in [0.1, 0.15) is 11.8 Å². The molecule has 1 rings (SSSR count). The molecule has 0 unspecified atom stereocenters. The number of rotatable bonds is 10. The van der Waals surface area contributed by atoms with Crippen molar-refractivity contribution in [2.24, 2.45) is 5.73 Å². The molecule has 5 heteroatoms. The maximum atomic E-state index is 12.0. The zero-order chi connectivity index (χ0) is 15.7. The quantitative estimate of drug-likeness (QED) is 0.714. The number of carbonyl (C=O) groups is 1. The molecule has 0 aliphatic rings. The van der Waals surface area contributed by atoms with Crippen LogP contribution in [0.2, 0.25) is 0 Å². The SMILES string of the molecule is CCCCN(CCCC)[C@@H](C(N)=O)c1ccc(OC)cc1.Cl. The first-order valence-electron chi connectivity index (χ1n) is 7.81. The summed E-state index contributed by atoms with van der Waals surface area (Å²) < 4.78 is 5.17. The molecule has 0 bridgehead atoms. The van der Waals surface area contributed by atoms with E-state index in [1.165, 1.54) is 0 Å². The number of amides is 1. The van der Waals surface area contributed by atoms with Crippen LogP contribution in [0, 0.1) is 0 Å². The van der Waals surface area contributed by atoms with Gasteiger partial charge in [0.05, 0.1) is 7.11 Å². The van der Waals surface area contributed by atoms with Crippen LogP contribution >= 0.6 is 12.4 Å². The number of nitrogens with zero attached hydrogens (tertiary/aromatic N) is 1. The van der Waals surface area contributed by atoms with Crippen LogP contribution in [0.4, 0.5) is 0 Å². The van der Waals surface area contributed by atoms with Crippen LogP contribution in [0.15, 0.2) is 24.3 Å². The number of benzene rings is 1. The third-order valence-electron chi connectivity index (χ3n) is 3.66. The van der Waals surface area contributed by atoms with Crippen molar-refractivity contribution in [3.63, 3.8) is 0 Å². The third-order valence-corrected chi connectivity index (χ3v) is 3.66. The van der Waals surface area contributed by atoms with E-state index in [-0.39, 0.29) is 24.4 Å². The molecular formula is C17H29ClN2O2. The largest absolute Gasteiger partial charge is 0.497 e. The van der Waals surface area contributed by atoms with Crippen LogP contribution in [-0.2, 0) is 4.79 Å². The molecule has 1 atom stereocenters. The van der Waals surface area contributed by atoms with E-state index in [1.54, 1.807) is 7.11 Å². The molecule has 126 valence electrons. The Bertz CT molecular complexity index is 415. The van der Waals surface area contributed by atoms with Gasteiger partial charge in [-0.3, -0.25) is 9.69 Å². The third kappa shape index (κ3) is 6.24. The Labute approximate surface area is 140 Å². The van der Waals surface area contributed by atoms with Crippen molar-refractivity contribution in [2.45, 2.75) is 45.6 Å². The van der Waals surface area contributed by atoms with E-state index in [1.807, 2.05) is 24.3 Å². The molecule has 22 heavy (non-hydrogen) atoms. The van der Waals surface area contributed by atoms with E-state index in [0.717, 1.165) is 50.1 Å². The predicted molar refractivity (Wildman–Crippen MR) is 93.6 cm³/mol. The van der Waals surface area contributed by atoms with E-state index >= 15 is 0 Å². The number of methoxy groups -OCH3 is 1. The molecule has 2 N–H and O–H groups in total. The molecule has 0 saturated carbocycles. The number of nitrogens with two attached hydrogens (primary N) is 1. The minimum absolute atomic E-state index is 0. The van der Waals surface area contributed by atoms with Gasteiger partial charge in [0, 0.05) is 0 Å². The first-order valence-corrected chi connectivity index (χ1v) is 7.81. The second-order valence-corrected chi connectivity index (χ2v) is 5.32. The molecule has 0 saturated heterocycles. The van der Waals surface area contributed by atoms with Gasteiger partial charge in [-0.1, -0.05) is 38.8 Å². The molecule has 1 amide bonds. The van der Waals surface area contributed by atoms with Crippen LogP contribution < -0.4 is 10.5 Å². The summed E-state index contributed by atoms with van der Waals surface area (Å²) in [6.07, 6.45) is 4.36. The summed E-state index contributed by atoms with van der Waals surface area (Å²) in [6, 6.07) is 7.26. The standard InChI is InChI=1S/C17H28N2O2.ClH/c1-4-6-12-19(13-7-5-2)16(17(18)20)14-8-10-15(21-3)11-9-14;/h8-11,16H,4-7,12-13H2,1-3H3,(H2,18,20);1H/t16-;/m1./s1. The van der Waals surface area contributed by atoms with E-state index in [4.69, 9.17) is 10.5 Å². The summed E-state index contributed by atoms with van der Waals surface area (Å²) in [5.74, 6) is 0.503. The topological polar surface area (TPSA) is 55.6 Å². The van der Waals surface area contributed by atoms with Gasteiger partial charge in [0.25, 0.3) is 0 Å². The zero-order valence-corrected chi connectivity index (χ0v) is 14.7. The van der Waals surface area contributed by atoms with E-state index in [2.05, 4.69) is 18.7 Å². The number of carbonyl (C=O) groups excluding carboxylic acids is 1. The normalized spacial score (nSPS) is 11.8. The number of hydrogen-bond donors (Lipinski definition) is 1. The van der Waals surface area contributed by atoms with E-state index in [9.17, 15) is 4.79 Å². The molecule has 1 aromatic rings. The first-order chi connectivity index (χ1) is 10.1. The maximum Gasteiger partial charge on any atom is 0.239 e. The summed E-state index contributed by atoms with van der Waals surface area (Å²) in [4.78, 5) is 14.2. The van der Waals surface area contributed by atoms with Gasteiger partial charge in [-0.05, 0) is 43.6 Å². The van der Waals surface area contributed by atoms with Crippen molar-refractivity contribution in [1.82, 2.24) is 4.90 Å². The van der Waals surface area contributed by atoms with Crippen LogP contribution in [-0.4, -0.2) is 31.0 Å². The molecule has 0 heterocycles. The van der Waals surface area contributed by atoms with Gasteiger partial charge in [0.15, 0.2) is 0 Å². The maximum absolute atomic E-state index is 12.0. The van der Waals surface area contributed by atoms with Gasteiger partial charge in [0.2, 0.25) is 5.91 Å². The molecule has 0 aliphatic heterocycles. The van der Waals surface area contributed by atoms with E-state index in [0.29, 0.717) is 0 Å². The van der Waals surface area contributed by atoms with Crippen molar-refractivity contribution < 1.29 is 9.53 Å². The van der Waals surface area contributed by atoms with Crippen LogP contribution in [0.5, 0.6) is 5.75 Å². The Morgan fingerprint density at radius 3 is 2.00 bits per heavy atom. The van der Waals surface area contributed by atoms with Crippen molar-refractivity contribution in [1.29, 1.82) is 0 Å². The fraction of sp³-hybridized carbons (Fsp3) is 0.588. The summed E-state index contributed by atoms with van der Waals surface area (Å²) in [5, 5.41) is 0. The molecular weight excluding hydrogens is 300 g/mol. The first kappa shape index (κ1) is 20.7. The van der Waals surface area contributed by atoms with Crippen LogP contribution in [0.1, 0.15) is 51.1 Å². The number of primary amides is 1. The monoisotopic (exact) mass is 328 g/mol. The molecule has 0 aliphatic carbocycles. The fourth-order valence-corrected chi connectivity index (χ4v) is 2.43. The minimum Gasteiger partial charge on any atom is -0.497 e. The predicted octanol–water partition coefficient (Wildman–Crippen LogP) is 3.55. The molecule has 4 nitrogen and oxygen atoms in total. The van der Waals surface area contributed by atoms with Crippen molar-refractivity contribution in [3.05, 3.63) is 29.8 Å². The Hall–Kier alpha value is -1.26. The summed E-state index contributed by atoms with van der Waals surface area (Å²) in [7, 11) is 1.63. The minimum atomic E-state index is -0.353.